The van der Waals surface area contributed by atoms with Gasteiger partial charge in [0.15, 0.2) is 0 Å². The second-order valence-corrected chi connectivity index (χ2v) is 3.19. The molecular weight excluding hydrogens is 172 g/mol. The van der Waals surface area contributed by atoms with E-state index in [1.54, 1.807) is 0 Å². The van der Waals surface area contributed by atoms with Crippen LogP contribution in [0.2, 0.25) is 0 Å². The van der Waals surface area contributed by atoms with Crippen molar-refractivity contribution in [2.24, 2.45) is 0 Å². The van der Waals surface area contributed by atoms with Gasteiger partial charge in [-0.3, -0.25) is 8.98 Å². The first-order valence-electron chi connectivity index (χ1n) is 2.84. The van der Waals surface area contributed by atoms with Gasteiger partial charge in [0.25, 0.3) is 0 Å². The minimum absolute atomic E-state index is 0.346. The monoisotopic (exact) mass is 181 g/mol. The Morgan fingerprint density at radius 3 is 2.45 bits per heavy atom. The number of hydrogen-bond donors (Lipinski definition) is 1. The molecule has 66 valence electrons. The first-order valence-corrected chi connectivity index (χ1v) is 3.84. The van der Waals surface area contributed by atoms with Gasteiger partial charge in [-0.25, -0.2) is 4.21 Å². The second-order valence-electron chi connectivity index (χ2n) is 2.62. The fraction of sp³-hybridized carbons (Fsp3) is 0.800. The molecule has 6 heteroatoms. The van der Waals surface area contributed by atoms with Crippen LogP contribution in [0.5, 0.6) is 0 Å². The van der Waals surface area contributed by atoms with Crippen LogP contribution in [0.25, 0.3) is 0 Å². The van der Waals surface area contributed by atoms with Crippen molar-refractivity contribution in [1.82, 2.24) is 0 Å². The molecule has 0 aliphatic rings. The second kappa shape index (κ2) is 3.80. The lowest BCUT2D eigenvalue weighted by molar-refractivity contribution is -0.140. The molecule has 0 aromatic rings. The number of hydrogen-bond acceptors (Lipinski definition) is 4. The van der Waals surface area contributed by atoms with Crippen LogP contribution in [0.3, 0.4) is 0 Å². The van der Waals surface area contributed by atoms with Crippen LogP contribution >= 0.6 is 0 Å². The average molecular weight is 181 g/mol. The number of rotatable bonds is 4. The Morgan fingerprint density at radius 2 is 2.18 bits per heavy atom. The summed E-state index contributed by atoms with van der Waals surface area (Å²) in [5, 5.41) is 8.28. The average Bonchev–Trinajstić information content (AvgIpc) is 1.53. The van der Waals surface area contributed by atoms with Crippen LogP contribution in [0.4, 0.5) is 0 Å². The molecule has 0 aromatic heterocycles. The van der Waals surface area contributed by atoms with Crippen molar-refractivity contribution >= 4 is 17.3 Å². The molecule has 0 saturated carbocycles. The lowest BCUT2D eigenvalue weighted by Gasteiger charge is -2.23. The molecule has 0 radical (unpaired) electrons. The maximum Gasteiger partial charge on any atom is 0.306 e. The van der Waals surface area contributed by atoms with Gasteiger partial charge in [-0.1, -0.05) is 0 Å². The van der Waals surface area contributed by atoms with Crippen molar-refractivity contribution in [3.05, 3.63) is 0 Å². The molecule has 0 saturated heterocycles. The number of carbonyl (C=O) groups is 1. The Kier molecular flexibility index (Phi) is 3.64. The molecule has 0 bridgehead atoms. The zero-order valence-electron chi connectivity index (χ0n) is 6.20. The topological polar surface area (TPSA) is 86.7 Å². The summed E-state index contributed by atoms with van der Waals surface area (Å²) in [6, 6.07) is 0. The molecule has 0 amide bonds. The lowest BCUT2D eigenvalue weighted by Crippen LogP contribution is -2.28. The zero-order valence-corrected chi connectivity index (χ0v) is 7.01. The van der Waals surface area contributed by atoms with E-state index in [1.165, 1.54) is 13.8 Å². The zero-order chi connectivity index (χ0) is 9.07. The van der Waals surface area contributed by atoms with Crippen LogP contribution < -0.4 is 0 Å². The molecular formula is C5H9O5S-. The molecule has 0 fully saturated rings. The normalized spacial score (nSPS) is 14.5. The maximum absolute atomic E-state index is 10.1. The van der Waals surface area contributed by atoms with Gasteiger partial charge in [0.2, 0.25) is 0 Å². The molecule has 5 nitrogen and oxygen atoms in total. The van der Waals surface area contributed by atoms with Gasteiger partial charge in [-0.2, -0.15) is 0 Å². The first kappa shape index (κ1) is 10.5. The number of aliphatic carboxylic acids is 1. The Bertz CT molecular complexity index is 158. The van der Waals surface area contributed by atoms with E-state index in [4.69, 9.17) is 5.11 Å². The highest BCUT2D eigenvalue weighted by Crippen LogP contribution is 2.14. The predicted octanol–water partition coefficient (Wildman–Crippen LogP) is 0.0504. The highest BCUT2D eigenvalue weighted by molar-refractivity contribution is 7.74. The summed E-state index contributed by atoms with van der Waals surface area (Å²) in [7, 11) is 0. The lowest BCUT2D eigenvalue weighted by atomic mass is 10.1. The van der Waals surface area contributed by atoms with E-state index in [9.17, 15) is 13.6 Å². The summed E-state index contributed by atoms with van der Waals surface area (Å²) in [4.78, 5) is 10.1. The standard InChI is InChI=1S/C5H10O5S/c1-5(2,3-4(6)7)10-11(8)9/h3H2,1-2H3,(H,6,7)(H,8,9)/p-1. The van der Waals surface area contributed by atoms with Crippen LogP contribution in [-0.2, 0) is 20.3 Å². The molecule has 0 aromatic carbocycles. The van der Waals surface area contributed by atoms with E-state index < -0.39 is 22.9 Å². The molecule has 0 aliphatic carbocycles. The van der Waals surface area contributed by atoms with E-state index in [-0.39, 0.29) is 6.42 Å². The Balaban J connectivity index is 3.99. The molecule has 1 unspecified atom stereocenters. The molecule has 0 heterocycles. The summed E-state index contributed by atoms with van der Waals surface area (Å²) in [5.74, 6) is -1.10. The van der Waals surface area contributed by atoms with Gasteiger partial charge < -0.3 is 9.66 Å². The number of carboxylic acids is 1. The van der Waals surface area contributed by atoms with Crippen LogP contribution in [0.15, 0.2) is 0 Å². The molecule has 1 N–H and O–H groups in total. The van der Waals surface area contributed by atoms with E-state index in [0.717, 1.165) is 0 Å². The fourth-order valence-corrected chi connectivity index (χ4v) is 1.01. The van der Waals surface area contributed by atoms with E-state index in [2.05, 4.69) is 4.18 Å². The predicted molar refractivity (Wildman–Crippen MR) is 36.3 cm³/mol. The number of carboxylic acid groups (broad SMARTS) is 1. The van der Waals surface area contributed by atoms with Crippen molar-refractivity contribution in [3.63, 3.8) is 0 Å². The highest BCUT2D eigenvalue weighted by Gasteiger charge is 2.22. The fourth-order valence-electron chi connectivity index (χ4n) is 0.578. The summed E-state index contributed by atoms with van der Waals surface area (Å²) in [6.07, 6.45) is -0.346. The summed E-state index contributed by atoms with van der Waals surface area (Å²) in [6.45, 7) is 2.77. The quantitative estimate of drug-likeness (QED) is 0.619. The third-order valence-corrected chi connectivity index (χ3v) is 1.46. The van der Waals surface area contributed by atoms with Crippen LogP contribution in [0, 0.1) is 0 Å². The van der Waals surface area contributed by atoms with Crippen LogP contribution in [-0.4, -0.2) is 25.4 Å². The van der Waals surface area contributed by atoms with Crippen molar-refractivity contribution in [3.8, 4) is 0 Å². The van der Waals surface area contributed by atoms with Gasteiger partial charge in [-0.05, 0) is 13.8 Å². The van der Waals surface area contributed by atoms with Crippen molar-refractivity contribution in [2.75, 3.05) is 0 Å². The Hall–Kier alpha value is -0.460. The molecule has 11 heavy (non-hydrogen) atoms. The van der Waals surface area contributed by atoms with Crippen molar-refractivity contribution in [2.45, 2.75) is 25.9 Å². The molecule has 0 aliphatic heterocycles. The van der Waals surface area contributed by atoms with Crippen molar-refractivity contribution < 1.29 is 22.8 Å². The van der Waals surface area contributed by atoms with E-state index in [0.29, 0.717) is 0 Å². The van der Waals surface area contributed by atoms with Gasteiger partial charge in [0, 0.05) is 0 Å². The summed E-state index contributed by atoms with van der Waals surface area (Å²) >= 11 is -2.66. The molecule has 0 rings (SSSR count). The van der Waals surface area contributed by atoms with E-state index in [1.807, 2.05) is 0 Å². The van der Waals surface area contributed by atoms with Gasteiger partial charge >= 0.3 is 5.97 Å². The molecule has 0 spiro atoms. The minimum atomic E-state index is -2.66. The third kappa shape index (κ3) is 5.96. The SMILES string of the molecule is CC(C)(CC(=O)O)OS(=O)[O-]. The van der Waals surface area contributed by atoms with Gasteiger partial charge in [0.1, 0.15) is 0 Å². The summed E-state index contributed by atoms with van der Waals surface area (Å²) < 4.78 is 24.2. The van der Waals surface area contributed by atoms with Crippen LogP contribution in [0.1, 0.15) is 20.3 Å². The van der Waals surface area contributed by atoms with Crippen molar-refractivity contribution in [1.29, 1.82) is 0 Å². The third-order valence-electron chi connectivity index (χ3n) is 0.871. The van der Waals surface area contributed by atoms with Gasteiger partial charge in [0.05, 0.1) is 23.4 Å². The maximum atomic E-state index is 10.1. The van der Waals surface area contributed by atoms with Gasteiger partial charge in [-0.15, -0.1) is 0 Å². The minimum Gasteiger partial charge on any atom is -0.750 e. The molecule has 1 atom stereocenters. The summed E-state index contributed by atoms with van der Waals surface area (Å²) in [5.41, 5.74) is -1.17. The Labute approximate surface area is 66.9 Å². The van der Waals surface area contributed by atoms with E-state index >= 15 is 0 Å². The smallest absolute Gasteiger partial charge is 0.306 e. The highest BCUT2D eigenvalue weighted by atomic mass is 32.2. The Morgan fingerprint density at radius 1 is 1.73 bits per heavy atom. The first-order chi connectivity index (χ1) is 4.83. The largest absolute Gasteiger partial charge is 0.750 e.